The number of amides is 2. The minimum atomic E-state index is -0.239. The Bertz CT molecular complexity index is 929. The fourth-order valence-corrected chi connectivity index (χ4v) is 6.80. The van der Waals surface area contributed by atoms with Crippen molar-refractivity contribution >= 4 is 11.8 Å². The fourth-order valence-electron chi connectivity index (χ4n) is 6.80. The topological polar surface area (TPSA) is 61.4 Å². The average molecular weight is 450 g/mol. The summed E-state index contributed by atoms with van der Waals surface area (Å²) >= 11 is 0. The molecule has 1 heterocycles. The van der Waals surface area contributed by atoms with Gasteiger partial charge in [0.2, 0.25) is 11.8 Å². The van der Waals surface area contributed by atoms with E-state index in [0.717, 1.165) is 37.8 Å². The van der Waals surface area contributed by atoms with E-state index >= 15 is 0 Å². The molecule has 0 radical (unpaired) electrons. The number of rotatable bonds is 9. The SMILES string of the molecule is Cc1ccc(C)c(CNC(=O)[C@H]2[C@H](C(=O)NCCCCN3CCCC3)[C@H]3C=C[C@@H]2C32CC2)c1. The second kappa shape index (κ2) is 9.25. The maximum Gasteiger partial charge on any atom is 0.224 e. The Hall–Kier alpha value is -2.14. The summed E-state index contributed by atoms with van der Waals surface area (Å²) in [6.45, 7) is 9.00. The molecule has 33 heavy (non-hydrogen) atoms. The Kier molecular flexibility index (Phi) is 6.34. The van der Waals surface area contributed by atoms with Gasteiger partial charge in [0.25, 0.3) is 0 Å². The summed E-state index contributed by atoms with van der Waals surface area (Å²) in [7, 11) is 0. The van der Waals surface area contributed by atoms with Gasteiger partial charge >= 0.3 is 0 Å². The van der Waals surface area contributed by atoms with Crippen molar-refractivity contribution in [3.63, 3.8) is 0 Å². The standard InChI is InChI=1S/C28H39N3O2/c1-19-7-8-20(2)21(17-19)18-30-27(33)25-23-10-9-22(28(23)11-12-28)24(25)26(32)29-13-3-4-14-31-15-5-6-16-31/h7-10,17,22-25H,3-6,11-16,18H2,1-2H3,(H,29,32)(H,30,33)/t22-,23+,24-,25-/m1/s1. The molecule has 2 N–H and O–H groups in total. The summed E-state index contributed by atoms with van der Waals surface area (Å²) < 4.78 is 0. The molecule has 2 amide bonds. The Labute approximate surface area is 198 Å². The summed E-state index contributed by atoms with van der Waals surface area (Å²) in [5.41, 5.74) is 3.73. The molecule has 5 nitrogen and oxygen atoms in total. The van der Waals surface area contributed by atoms with E-state index in [2.05, 4.69) is 59.7 Å². The van der Waals surface area contributed by atoms with E-state index in [1.54, 1.807) is 0 Å². The van der Waals surface area contributed by atoms with E-state index in [-0.39, 0.29) is 40.9 Å². The maximum absolute atomic E-state index is 13.4. The third kappa shape index (κ3) is 4.37. The summed E-state index contributed by atoms with van der Waals surface area (Å²) in [5.74, 6) is 0.117. The van der Waals surface area contributed by atoms with Gasteiger partial charge in [-0.3, -0.25) is 9.59 Å². The van der Waals surface area contributed by atoms with Crippen molar-refractivity contribution in [1.82, 2.24) is 15.5 Å². The molecule has 5 heteroatoms. The third-order valence-electron chi connectivity index (χ3n) is 8.80. The summed E-state index contributed by atoms with van der Waals surface area (Å²) in [6.07, 6.45) is 11.6. The highest BCUT2D eigenvalue weighted by Gasteiger charge is 2.69. The smallest absolute Gasteiger partial charge is 0.224 e. The molecule has 3 aliphatic carbocycles. The van der Waals surface area contributed by atoms with Crippen molar-refractivity contribution in [2.75, 3.05) is 26.2 Å². The van der Waals surface area contributed by atoms with Gasteiger partial charge in [-0.05, 0) is 100 Å². The van der Waals surface area contributed by atoms with Gasteiger partial charge in [0.1, 0.15) is 0 Å². The maximum atomic E-state index is 13.4. The van der Waals surface area contributed by atoms with Crippen LogP contribution in [-0.4, -0.2) is 42.9 Å². The monoisotopic (exact) mass is 449 g/mol. The van der Waals surface area contributed by atoms with Crippen LogP contribution in [0.25, 0.3) is 0 Å². The fraction of sp³-hybridized carbons (Fsp3) is 0.643. The Morgan fingerprint density at radius 3 is 2.30 bits per heavy atom. The van der Waals surface area contributed by atoms with Gasteiger partial charge in [-0.1, -0.05) is 35.9 Å². The van der Waals surface area contributed by atoms with E-state index in [0.29, 0.717) is 13.1 Å². The molecule has 3 fully saturated rings. The second-order valence-electron chi connectivity index (χ2n) is 10.9. The van der Waals surface area contributed by atoms with Crippen LogP contribution in [0.4, 0.5) is 0 Å². The molecular formula is C28H39N3O2. The number of likely N-dealkylation sites (tertiary alicyclic amines) is 1. The molecule has 1 aliphatic heterocycles. The van der Waals surface area contributed by atoms with Crippen LogP contribution < -0.4 is 10.6 Å². The van der Waals surface area contributed by atoms with Gasteiger partial charge in [0, 0.05) is 13.1 Å². The first-order valence-corrected chi connectivity index (χ1v) is 13.0. The Morgan fingerprint density at radius 1 is 0.970 bits per heavy atom. The lowest BCUT2D eigenvalue weighted by Crippen LogP contribution is -2.44. The highest BCUT2D eigenvalue weighted by Crippen LogP contribution is 2.72. The van der Waals surface area contributed by atoms with E-state index in [1.165, 1.54) is 37.1 Å². The molecule has 0 aromatic heterocycles. The molecule has 4 aliphatic rings. The molecule has 2 saturated carbocycles. The van der Waals surface area contributed by atoms with E-state index < -0.39 is 0 Å². The molecule has 2 bridgehead atoms. The van der Waals surface area contributed by atoms with Gasteiger partial charge in [0.15, 0.2) is 0 Å². The minimum Gasteiger partial charge on any atom is -0.356 e. The van der Waals surface area contributed by atoms with Crippen LogP contribution in [0, 0.1) is 42.9 Å². The van der Waals surface area contributed by atoms with Crippen molar-refractivity contribution in [3.05, 3.63) is 47.0 Å². The van der Waals surface area contributed by atoms with Gasteiger partial charge in [-0.15, -0.1) is 0 Å². The Balaban J connectivity index is 1.19. The third-order valence-corrected chi connectivity index (χ3v) is 8.80. The largest absolute Gasteiger partial charge is 0.356 e. The first-order chi connectivity index (χ1) is 16.0. The van der Waals surface area contributed by atoms with Crippen molar-refractivity contribution in [2.45, 2.75) is 58.9 Å². The molecule has 5 rings (SSSR count). The molecule has 0 unspecified atom stereocenters. The van der Waals surface area contributed by atoms with Gasteiger partial charge in [-0.2, -0.15) is 0 Å². The number of nitrogens with one attached hydrogen (secondary N) is 2. The van der Waals surface area contributed by atoms with E-state index in [1.807, 2.05) is 0 Å². The number of carbonyl (C=O) groups is 2. The number of allylic oxidation sites excluding steroid dienone is 2. The molecule has 4 atom stereocenters. The van der Waals surface area contributed by atoms with Crippen molar-refractivity contribution in [2.24, 2.45) is 29.1 Å². The van der Waals surface area contributed by atoms with Crippen LogP contribution in [0.15, 0.2) is 30.4 Å². The summed E-state index contributed by atoms with van der Waals surface area (Å²) in [5, 5.41) is 6.40. The highest BCUT2D eigenvalue weighted by molar-refractivity contribution is 5.90. The summed E-state index contributed by atoms with van der Waals surface area (Å²) in [4.78, 5) is 29.3. The van der Waals surface area contributed by atoms with E-state index in [9.17, 15) is 9.59 Å². The lowest BCUT2D eigenvalue weighted by molar-refractivity contribution is -0.135. The number of hydrogen-bond acceptors (Lipinski definition) is 3. The zero-order chi connectivity index (χ0) is 23.0. The van der Waals surface area contributed by atoms with Crippen LogP contribution in [0.5, 0.6) is 0 Å². The lowest BCUT2D eigenvalue weighted by Gasteiger charge is -2.26. The van der Waals surface area contributed by atoms with Crippen molar-refractivity contribution < 1.29 is 9.59 Å². The first kappa shape index (κ1) is 22.6. The van der Waals surface area contributed by atoms with Crippen LogP contribution in [0.1, 0.15) is 55.2 Å². The molecule has 1 saturated heterocycles. The quantitative estimate of drug-likeness (QED) is 0.446. The molecule has 1 spiro atoms. The van der Waals surface area contributed by atoms with Crippen LogP contribution in [0.3, 0.4) is 0 Å². The molecule has 178 valence electrons. The molecule has 1 aromatic carbocycles. The number of aryl methyl sites for hydroxylation is 2. The predicted molar refractivity (Wildman–Crippen MR) is 130 cm³/mol. The minimum absolute atomic E-state index is 0.0493. The number of carbonyl (C=O) groups excluding carboxylic acids is 2. The van der Waals surface area contributed by atoms with Gasteiger partial charge in [-0.25, -0.2) is 0 Å². The van der Waals surface area contributed by atoms with Crippen molar-refractivity contribution in [1.29, 1.82) is 0 Å². The Morgan fingerprint density at radius 2 is 1.64 bits per heavy atom. The zero-order valence-electron chi connectivity index (χ0n) is 20.2. The molecule has 1 aromatic rings. The highest BCUT2D eigenvalue weighted by atomic mass is 16.2. The van der Waals surface area contributed by atoms with Gasteiger partial charge < -0.3 is 15.5 Å². The van der Waals surface area contributed by atoms with Gasteiger partial charge in [0.05, 0.1) is 11.8 Å². The second-order valence-corrected chi connectivity index (χ2v) is 10.9. The van der Waals surface area contributed by atoms with Crippen molar-refractivity contribution in [3.8, 4) is 0 Å². The van der Waals surface area contributed by atoms with Crippen LogP contribution in [0.2, 0.25) is 0 Å². The predicted octanol–water partition coefficient (Wildman–Crippen LogP) is 3.74. The number of nitrogens with zero attached hydrogens (tertiary/aromatic N) is 1. The first-order valence-electron chi connectivity index (χ1n) is 13.0. The normalized spacial score (nSPS) is 29.0. The number of unbranched alkanes of at least 4 members (excludes halogenated alkanes) is 1. The van der Waals surface area contributed by atoms with Crippen LogP contribution >= 0.6 is 0 Å². The average Bonchev–Trinajstić information content (AvgIpc) is 3.16. The molecular weight excluding hydrogens is 410 g/mol. The number of benzene rings is 1. The summed E-state index contributed by atoms with van der Waals surface area (Å²) in [6, 6.07) is 6.35. The lowest BCUT2D eigenvalue weighted by atomic mass is 9.81. The van der Waals surface area contributed by atoms with E-state index in [4.69, 9.17) is 0 Å². The number of hydrogen-bond donors (Lipinski definition) is 2. The van der Waals surface area contributed by atoms with Crippen LogP contribution in [-0.2, 0) is 16.1 Å². The zero-order valence-corrected chi connectivity index (χ0v) is 20.2.